The van der Waals surface area contributed by atoms with Gasteiger partial charge < -0.3 is 0 Å². The van der Waals surface area contributed by atoms with Gasteiger partial charge in [0.2, 0.25) is 0 Å². The van der Waals surface area contributed by atoms with Gasteiger partial charge in [-0.05, 0) is 47.5 Å². The van der Waals surface area contributed by atoms with E-state index in [0.29, 0.717) is 20.1 Å². The van der Waals surface area contributed by atoms with Crippen molar-refractivity contribution >= 4 is 70.1 Å². The summed E-state index contributed by atoms with van der Waals surface area (Å²) >= 11 is 23.5. The number of hydrogen-bond donors (Lipinski definition) is 0. The molecule has 2 aromatic carbocycles. The smallest absolute Gasteiger partial charge is 0.163 e. The Morgan fingerprint density at radius 3 is 1.44 bits per heavy atom. The number of halogens is 4. The number of carbonyl (C=O) groups excluding carboxylic acids is 2. The minimum atomic E-state index is -0.310. The number of carbonyl (C=O) groups is 2. The Morgan fingerprint density at radius 2 is 1.08 bits per heavy atom. The molecule has 0 aromatic heterocycles. The molecule has 25 heavy (non-hydrogen) atoms. The third kappa shape index (κ3) is 6.33. The minimum absolute atomic E-state index is 0.227. The molecule has 0 aliphatic carbocycles. The standard InChI is InChI=1S/C19H12Cl4O2/c20-16-7-3-12(9-18(16)22)1-5-14(24)11-15(25)6-2-13-4-8-17(21)19(23)10-13/h1-10H,11H2/b5-1+,6-2+. The number of hydrogen-bond acceptors (Lipinski definition) is 2. The van der Waals surface area contributed by atoms with Gasteiger partial charge in [-0.3, -0.25) is 9.59 Å². The van der Waals surface area contributed by atoms with Crippen LogP contribution in [0.1, 0.15) is 17.5 Å². The minimum Gasteiger partial charge on any atom is -0.294 e. The summed E-state index contributed by atoms with van der Waals surface area (Å²) in [5, 5.41) is 1.68. The number of ketones is 2. The summed E-state index contributed by atoms with van der Waals surface area (Å²) in [6.45, 7) is 0. The molecule has 0 aliphatic heterocycles. The molecule has 0 radical (unpaired) electrons. The highest BCUT2D eigenvalue weighted by Crippen LogP contribution is 2.24. The van der Waals surface area contributed by atoms with Crippen LogP contribution in [0.15, 0.2) is 48.6 Å². The molecule has 6 heteroatoms. The summed E-state index contributed by atoms with van der Waals surface area (Å²) in [6.07, 6.45) is 5.62. The van der Waals surface area contributed by atoms with E-state index in [9.17, 15) is 9.59 Å². The largest absolute Gasteiger partial charge is 0.294 e. The van der Waals surface area contributed by atoms with E-state index < -0.39 is 0 Å². The lowest BCUT2D eigenvalue weighted by atomic mass is 10.1. The fraction of sp³-hybridized carbons (Fsp3) is 0.0526. The Hall–Kier alpha value is -1.58. The van der Waals surface area contributed by atoms with Crippen molar-refractivity contribution in [1.82, 2.24) is 0 Å². The third-order valence-corrected chi connectivity index (χ3v) is 4.64. The van der Waals surface area contributed by atoms with Crippen molar-refractivity contribution in [2.75, 3.05) is 0 Å². The number of allylic oxidation sites excluding steroid dienone is 2. The van der Waals surface area contributed by atoms with Crippen LogP contribution in [0.2, 0.25) is 20.1 Å². The molecule has 0 unspecified atom stereocenters. The maximum Gasteiger partial charge on any atom is 0.163 e. The first kappa shape index (κ1) is 19.7. The van der Waals surface area contributed by atoms with Crippen LogP contribution in [0.3, 0.4) is 0 Å². The van der Waals surface area contributed by atoms with Crippen molar-refractivity contribution in [2.45, 2.75) is 6.42 Å². The molecular weight excluding hydrogens is 402 g/mol. The molecule has 128 valence electrons. The van der Waals surface area contributed by atoms with E-state index >= 15 is 0 Å². The zero-order chi connectivity index (χ0) is 18.4. The molecule has 0 N–H and O–H groups in total. The predicted molar refractivity (Wildman–Crippen MR) is 106 cm³/mol. The molecule has 0 amide bonds. The Bertz CT molecular complexity index is 798. The van der Waals surface area contributed by atoms with Crippen LogP contribution in [-0.2, 0) is 9.59 Å². The van der Waals surface area contributed by atoms with Gasteiger partial charge in [-0.25, -0.2) is 0 Å². The lowest BCUT2D eigenvalue weighted by Gasteiger charge is -1.98. The van der Waals surface area contributed by atoms with Gasteiger partial charge in [-0.15, -0.1) is 0 Å². The molecule has 2 rings (SSSR count). The highest BCUT2D eigenvalue weighted by molar-refractivity contribution is 6.42. The van der Waals surface area contributed by atoms with Crippen LogP contribution < -0.4 is 0 Å². The first-order valence-electron chi connectivity index (χ1n) is 7.17. The van der Waals surface area contributed by atoms with E-state index in [4.69, 9.17) is 46.4 Å². The molecule has 2 nitrogen and oxygen atoms in total. The van der Waals surface area contributed by atoms with Crippen LogP contribution in [0.5, 0.6) is 0 Å². The molecule has 0 aliphatic rings. The van der Waals surface area contributed by atoms with Crippen molar-refractivity contribution in [2.24, 2.45) is 0 Å². The van der Waals surface area contributed by atoms with Crippen LogP contribution in [0.4, 0.5) is 0 Å². The number of rotatable bonds is 6. The first-order valence-corrected chi connectivity index (χ1v) is 8.68. The third-order valence-electron chi connectivity index (χ3n) is 3.16. The van der Waals surface area contributed by atoms with Crippen molar-refractivity contribution in [3.05, 3.63) is 79.8 Å². The summed E-state index contributed by atoms with van der Waals surface area (Å²) in [5.74, 6) is -0.621. The van der Waals surface area contributed by atoms with Gasteiger partial charge in [0.15, 0.2) is 11.6 Å². The molecule has 0 spiro atoms. The second kappa shape index (κ2) is 9.21. The normalized spacial score (nSPS) is 11.4. The Balaban J connectivity index is 1.94. The molecule has 0 fully saturated rings. The van der Waals surface area contributed by atoms with Crippen LogP contribution >= 0.6 is 46.4 Å². The monoisotopic (exact) mass is 412 g/mol. The number of benzene rings is 2. The average Bonchev–Trinajstić information content (AvgIpc) is 2.57. The highest BCUT2D eigenvalue weighted by Gasteiger charge is 2.04. The Morgan fingerprint density at radius 1 is 0.680 bits per heavy atom. The van der Waals surface area contributed by atoms with Crippen molar-refractivity contribution < 1.29 is 9.59 Å². The molecule has 0 saturated heterocycles. The quantitative estimate of drug-likeness (QED) is 0.397. The summed E-state index contributed by atoms with van der Waals surface area (Å²) in [7, 11) is 0. The van der Waals surface area contributed by atoms with E-state index in [0.717, 1.165) is 11.1 Å². The maximum absolute atomic E-state index is 11.8. The lowest BCUT2D eigenvalue weighted by Crippen LogP contribution is -2.01. The van der Waals surface area contributed by atoms with Crippen LogP contribution in [0.25, 0.3) is 12.2 Å². The Kier molecular flexibility index (Phi) is 7.27. The molecule has 0 heterocycles. The van der Waals surface area contributed by atoms with E-state index in [1.54, 1.807) is 48.6 Å². The van der Waals surface area contributed by atoms with Crippen molar-refractivity contribution in [1.29, 1.82) is 0 Å². The first-order chi connectivity index (χ1) is 11.8. The molecule has 0 atom stereocenters. The van der Waals surface area contributed by atoms with Gasteiger partial charge in [-0.1, -0.05) is 70.7 Å². The Labute approximate surface area is 165 Å². The van der Waals surface area contributed by atoms with Gasteiger partial charge >= 0.3 is 0 Å². The summed E-state index contributed by atoms with van der Waals surface area (Å²) in [5.41, 5.74) is 1.45. The van der Waals surface area contributed by atoms with E-state index in [1.165, 1.54) is 12.2 Å². The maximum atomic E-state index is 11.8. The second-order valence-corrected chi connectivity index (χ2v) is 6.75. The van der Waals surface area contributed by atoms with Crippen molar-refractivity contribution in [3.8, 4) is 0 Å². The van der Waals surface area contributed by atoms with E-state index in [2.05, 4.69) is 0 Å². The fourth-order valence-corrected chi connectivity index (χ4v) is 2.51. The molecular formula is C19H12Cl4O2. The molecule has 0 saturated carbocycles. The average molecular weight is 414 g/mol. The van der Waals surface area contributed by atoms with Gasteiger partial charge in [-0.2, -0.15) is 0 Å². The van der Waals surface area contributed by atoms with Crippen molar-refractivity contribution in [3.63, 3.8) is 0 Å². The van der Waals surface area contributed by atoms with Gasteiger partial charge in [0.25, 0.3) is 0 Å². The zero-order valence-electron chi connectivity index (χ0n) is 12.8. The zero-order valence-corrected chi connectivity index (χ0v) is 15.8. The molecule has 2 aromatic rings. The van der Waals surface area contributed by atoms with Gasteiger partial charge in [0.05, 0.1) is 26.5 Å². The summed E-state index contributed by atoms with van der Waals surface area (Å²) in [4.78, 5) is 23.7. The summed E-state index contributed by atoms with van der Waals surface area (Å²) in [6, 6.07) is 10.0. The van der Waals surface area contributed by atoms with Gasteiger partial charge in [0.1, 0.15) is 0 Å². The SMILES string of the molecule is O=C(/C=C/c1ccc(Cl)c(Cl)c1)CC(=O)/C=C/c1ccc(Cl)c(Cl)c1. The van der Waals surface area contributed by atoms with E-state index in [-0.39, 0.29) is 18.0 Å². The van der Waals surface area contributed by atoms with E-state index in [1.807, 2.05) is 0 Å². The topological polar surface area (TPSA) is 34.1 Å². The summed E-state index contributed by atoms with van der Waals surface area (Å²) < 4.78 is 0. The van der Waals surface area contributed by atoms with Gasteiger partial charge in [0, 0.05) is 0 Å². The molecule has 0 bridgehead atoms. The fourth-order valence-electron chi connectivity index (χ4n) is 1.90. The predicted octanol–water partition coefficient (Wildman–Crippen LogP) is 6.56. The highest BCUT2D eigenvalue weighted by atomic mass is 35.5. The van der Waals surface area contributed by atoms with Crippen LogP contribution in [0, 0.1) is 0 Å². The van der Waals surface area contributed by atoms with Crippen LogP contribution in [-0.4, -0.2) is 11.6 Å². The lowest BCUT2D eigenvalue weighted by molar-refractivity contribution is -0.121. The second-order valence-electron chi connectivity index (χ2n) is 5.12.